The summed E-state index contributed by atoms with van der Waals surface area (Å²) in [6.45, 7) is 4.36. The second-order valence-electron chi connectivity index (χ2n) is 10.0. The van der Waals surface area contributed by atoms with Crippen LogP contribution in [0.4, 0.5) is 16.4 Å². The molecule has 0 radical (unpaired) electrons. The lowest BCUT2D eigenvalue weighted by molar-refractivity contribution is -0.118. The third-order valence-electron chi connectivity index (χ3n) is 6.96. The highest BCUT2D eigenvalue weighted by molar-refractivity contribution is 5.95. The highest BCUT2D eigenvalue weighted by Crippen LogP contribution is 2.30. The van der Waals surface area contributed by atoms with E-state index in [1.54, 1.807) is 12.1 Å². The summed E-state index contributed by atoms with van der Waals surface area (Å²) in [6, 6.07) is 17.5. The SMILES string of the molecule is O=C1COc2ccc(N3CC(CCNCc4cccc(-c5cccc(OCC6COCCN6)n5)c4)OC3=O)nc2N1. The number of pyridine rings is 2. The Bertz CT molecular complexity index is 1400. The predicted octanol–water partition coefficient (Wildman–Crippen LogP) is 2.35. The Hall–Kier alpha value is -4.26. The summed E-state index contributed by atoms with van der Waals surface area (Å²) in [5.41, 5.74) is 2.97. The Morgan fingerprint density at radius 2 is 2.02 bits per heavy atom. The summed E-state index contributed by atoms with van der Waals surface area (Å²) in [7, 11) is 0. The first-order chi connectivity index (χ1) is 20.1. The lowest BCUT2D eigenvalue weighted by atomic mass is 10.1. The van der Waals surface area contributed by atoms with Crippen LogP contribution in [-0.4, -0.2) is 80.2 Å². The van der Waals surface area contributed by atoms with Gasteiger partial charge in [0.05, 0.1) is 31.5 Å². The van der Waals surface area contributed by atoms with Crippen molar-refractivity contribution in [3.05, 3.63) is 60.2 Å². The van der Waals surface area contributed by atoms with Crippen molar-refractivity contribution in [2.24, 2.45) is 0 Å². The van der Waals surface area contributed by atoms with Crippen LogP contribution in [0.25, 0.3) is 11.3 Å². The van der Waals surface area contributed by atoms with Crippen LogP contribution in [0.15, 0.2) is 54.6 Å². The number of hydrogen-bond donors (Lipinski definition) is 3. The van der Waals surface area contributed by atoms with E-state index in [0.29, 0.717) is 62.5 Å². The van der Waals surface area contributed by atoms with Crippen molar-refractivity contribution in [2.45, 2.75) is 25.1 Å². The van der Waals surface area contributed by atoms with Crippen LogP contribution in [0.2, 0.25) is 0 Å². The van der Waals surface area contributed by atoms with E-state index in [2.05, 4.69) is 38.1 Å². The van der Waals surface area contributed by atoms with Crippen molar-refractivity contribution in [3.63, 3.8) is 0 Å². The quantitative estimate of drug-likeness (QED) is 0.317. The Labute approximate surface area is 237 Å². The minimum absolute atomic E-state index is 0.0485. The van der Waals surface area contributed by atoms with Crippen molar-refractivity contribution in [1.29, 1.82) is 0 Å². The molecule has 2 amide bonds. The number of carbonyl (C=O) groups excluding carboxylic acids is 2. The van der Waals surface area contributed by atoms with Crippen LogP contribution >= 0.6 is 0 Å². The molecule has 2 fully saturated rings. The first kappa shape index (κ1) is 26.9. The molecule has 2 unspecified atom stereocenters. The number of rotatable bonds is 10. The smallest absolute Gasteiger partial charge is 0.415 e. The van der Waals surface area contributed by atoms with Gasteiger partial charge in [0.1, 0.15) is 18.5 Å². The second-order valence-corrected chi connectivity index (χ2v) is 10.0. The maximum Gasteiger partial charge on any atom is 0.415 e. The molecule has 6 rings (SSSR count). The van der Waals surface area contributed by atoms with Crippen LogP contribution < -0.4 is 30.3 Å². The number of hydrogen-bond acceptors (Lipinski definition) is 10. The van der Waals surface area contributed by atoms with Gasteiger partial charge in [-0.2, -0.15) is 0 Å². The minimum Gasteiger partial charge on any atom is -0.480 e. The first-order valence-electron chi connectivity index (χ1n) is 13.7. The van der Waals surface area contributed by atoms with E-state index in [0.717, 1.165) is 30.0 Å². The van der Waals surface area contributed by atoms with E-state index >= 15 is 0 Å². The molecule has 12 heteroatoms. The van der Waals surface area contributed by atoms with E-state index in [1.165, 1.54) is 4.90 Å². The summed E-state index contributed by atoms with van der Waals surface area (Å²) in [4.78, 5) is 34.6. The van der Waals surface area contributed by atoms with Gasteiger partial charge in [-0.25, -0.2) is 14.8 Å². The van der Waals surface area contributed by atoms with Gasteiger partial charge >= 0.3 is 6.09 Å². The molecule has 5 heterocycles. The molecule has 2 saturated heterocycles. The molecule has 3 aliphatic rings. The molecule has 41 heavy (non-hydrogen) atoms. The van der Waals surface area contributed by atoms with Crippen molar-refractivity contribution in [3.8, 4) is 22.9 Å². The summed E-state index contributed by atoms with van der Waals surface area (Å²) < 4.78 is 22.3. The summed E-state index contributed by atoms with van der Waals surface area (Å²) in [5.74, 6) is 1.50. The molecule has 0 bridgehead atoms. The molecule has 2 atom stereocenters. The number of aromatic nitrogens is 2. The molecule has 0 aliphatic carbocycles. The molecule has 3 aromatic rings. The number of nitrogens with one attached hydrogen (secondary N) is 3. The van der Waals surface area contributed by atoms with E-state index in [4.69, 9.17) is 18.9 Å². The van der Waals surface area contributed by atoms with Crippen LogP contribution in [0, 0.1) is 0 Å². The fourth-order valence-electron chi connectivity index (χ4n) is 4.87. The van der Waals surface area contributed by atoms with Gasteiger partial charge in [-0.05, 0) is 42.8 Å². The lowest BCUT2D eigenvalue weighted by Gasteiger charge is -2.23. The van der Waals surface area contributed by atoms with Gasteiger partial charge in [-0.3, -0.25) is 9.69 Å². The van der Waals surface area contributed by atoms with Crippen molar-refractivity contribution in [1.82, 2.24) is 20.6 Å². The summed E-state index contributed by atoms with van der Waals surface area (Å²) in [6.07, 6.45) is -0.0817. The summed E-state index contributed by atoms with van der Waals surface area (Å²) >= 11 is 0. The topological polar surface area (TPSA) is 136 Å². The first-order valence-corrected chi connectivity index (χ1v) is 13.7. The Morgan fingerprint density at radius 3 is 2.93 bits per heavy atom. The average Bonchev–Trinajstić information content (AvgIpc) is 3.39. The molecule has 214 valence electrons. The molecular weight excluding hydrogens is 528 g/mol. The number of cyclic esters (lactones) is 1. The van der Waals surface area contributed by atoms with E-state index in [-0.39, 0.29) is 24.7 Å². The molecule has 3 aliphatic heterocycles. The molecule has 1 aromatic carbocycles. The highest BCUT2D eigenvalue weighted by Gasteiger charge is 2.33. The number of fused-ring (bicyclic) bond motifs is 1. The van der Waals surface area contributed by atoms with Gasteiger partial charge in [-0.1, -0.05) is 24.3 Å². The molecule has 2 aromatic heterocycles. The molecule has 12 nitrogen and oxygen atoms in total. The fourth-order valence-corrected chi connectivity index (χ4v) is 4.87. The number of morpholine rings is 1. The van der Waals surface area contributed by atoms with Gasteiger partial charge < -0.3 is 34.9 Å². The second kappa shape index (κ2) is 12.5. The zero-order chi connectivity index (χ0) is 28.0. The molecular formula is C29H32N6O6. The number of benzene rings is 1. The number of nitrogens with zero attached hydrogens (tertiary/aromatic N) is 3. The Balaban J connectivity index is 0.981. The van der Waals surface area contributed by atoms with Crippen molar-refractivity contribution >= 4 is 23.6 Å². The van der Waals surface area contributed by atoms with Crippen LogP contribution in [-0.2, 0) is 20.8 Å². The minimum atomic E-state index is -0.458. The average molecular weight is 561 g/mol. The van der Waals surface area contributed by atoms with Crippen LogP contribution in [0.3, 0.4) is 0 Å². The van der Waals surface area contributed by atoms with Gasteiger partial charge in [0.25, 0.3) is 5.91 Å². The van der Waals surface area contributed by atoms with Gasteiger partial charge in [0.15, 0.2) is 18.2 Å². The fraction of sp³-hybridized carbons (Fsp3) is 0.379. The predicted molar refractivity (Wildman–Crippen MR) is 150 cm³/mol. The largest absolute Gasteiger partial charge is 0.480 e. The zero-order valence-electron chi connectivity index (χ0n) is 22.5. The molecule has 0 saturated carbocycles. The zero-order valence-corrected chi connectivity index (χ0v) is 22.5. The Kier molecular flexibility index (Phi) is 8.21. The summed E-state index contributed by atoms with van der Waals surface area (Å²) in [5, 5.41) is 9.48. The van der Waals surface area contributed by atoms with Crippen LogP contribution in [0.1, 0.15) is 12.0 Å². The third-order valence-corrected chi connectivity index (χ3v) is 6.96. The van der Waals surface area contributed by atoms with Crippen LogP contribution in [0.5, 0.6) is 11.6 Å². The van der Waals surface area contributed by atoms with Crippen molar-refractivity contribution in [2.75, 3.05) is 56.3 Å². The highest BCUT2D eigenvalue weighted by atomic mass is 16.6. The maximum atomic E-state index is 12.5. The lowest BCUT2D eigenvalue weighted by Crippen LogP contribution is -2.44. The van der Waals surface area contributed by atoms with Gasteiger partial charge in [-0.15, -0.1) is 0 Å². The number of carbonyl (C=O) groups is 2. The number of amides is 2. The number of anilines is 2. The monoisotopic (exact) mass is 560 g/mol. The van der Waals surface area contributed by atoms with E-state index in [9.17, 15) is 9.59 Å². The molecule has 3 N–H and O–H groups in total. The third kappa shape index (κ3) is 6.73. The Morgan fingerprint density at radius 1 is 1.10 bits per heavy atom. The number of ether oxygens (including phenoxy) is 4. The maximum absolute atomic E-state index is 12.5. The standard InChI is InChI=1S/C29H32N6O6/c36-26-18-39-24-7-8-25(33-28(24)34-26)35-15-22(41-29(35)37)9-10-30-14-19-3-1-4-20(13-19)23-5-2-6-27(32-23)40-17-21-16-38-12-11-31-21/h1-8,13,21-22,30-31H,9-12,14-18H2,(H,33,34,36). The van der Waals surface area contributed by atoms with Gasteiger partial charge in [0, 0.05) is 24.7 Å². The normalized spacial score (nSPS) is 20.1. The van der Waals surface area contributed by atoms with Crippen molar-refractivity contribution < 1.29 is 28.5 Å². The van der Waals surface area contributed by atoms with Gasteiger partial charge in [0.2, 0.25) is 5.88 Å². The van der Waals surface area contributed by atoms with E-state index in [1.807, 2.05) is 30.3 Å². The van der Waals surface area contributed by atoms with E-state index < -0.39 is 6.09 Å². The molecule has 0 spiro atoms.